The summed E-state index contributed by atoms with van der Waals surface area (Å²) in [4.78, 5) is 0. The molecule has 17 heavy (non-hydrogen) atoms. The van der Waals surface area contributed by atoms with Crippen LogP contribution in [0.3, 0.4) is 0 Å². The summed E-state index contributed by atoms with van der Waals surface area (Å²) in [7, 11) is 0. The normalized spacial score (nSPS) is 18.0. The molecule has 92 valence electrons. The molecule has 1 aliphatic rings. The molecule has 5 heteroatoms. The first kappa shape index (κ1) is 11.7. The van der Waals surface area contributed by atoms with Crippen molar-refractivity contribution in [2.75, 3.05) is 13.2 Å². The highest BCUT2D eigenvalue weighted by Crippen LogP contribution is 2.18. The fourth-order valence-corrected chi connectivity index (χ4v) is 1.75. The van der Waals surface area contributed by atoms with Gasteiger partial charge in [-0.2, -0.15) is 0 Å². The smallest absolute Gasteiger partial charge is 0.170 e. The Morgan fingerprint density at radius 3 is 2.53 bits per heavy atom. The molecule has 0 amide bonds. The molecule has 0 atom stereocenters. The van der Waals surface area contributed by atoms with Crippen molar-refractivity contribution in [1.29, 1.82) is 0 Å². The third-order valence-corrected chi connectivity index (χ3v) is 2.73. The van der Waals surface area contributed by atoms with Gasteiger partial charge in [-0.05, 0) is 24.3 Å². The maximum atomic E-state index is 8.54. The molecule has 1 aromatic carbocycles. The van der Waals surface area contributed by atoms with Crippen molar-refractivity contribution >= 4 is 5.84 Å². The summed E-state index contributed by atoms with van der Waals surface area (Å²) >= 11 is 0. The second kappa shape index (κ2) is 5.54. The lowest BCUT2D eigenvalue weighted by Crippen LogP contribution is -2.25. The van der Waals surface area contributed by atoms with Crippen molar-refractivity contribution in [1.82, 2.24) is 0 Å². The van der Waals surface area contributed by atoms with E-state index in [0.29, 0.717) is 5.56 Å². The lowest BCUT2D eigenvalue weighted by molar-refractivity contribution is 0.0256. The number of oxime groups is 1. The molecule has 0 aliphatic carbocycles. The van der Waals surface area contributed by atoms with Gasteiger partial charge in [0.1, 0.15) is 11.9 Å². The predicted octanol–water partition coefficient (Wildman–Crippen LogP) is 1.34. The summed E-state index contributed by atoms with van der Waals surface area (Å²) < 4.78 is 11.1. The highest BCUT2D eigenvalue weighted by atomic mass is 16.5. The van der Waals surface area contributed by atoms with Crippen LogP contribution in [0.15, 0.2) is 29.4 Å². The number of nitrogens with two attached hydrogens (primary N) is 1. The highest BCUT2D eigenvalue weighted by molar-refractivity contribution is 5.97. The number of hydrogen-bond donors (Lipinski definition) is 2. The van der Waals surface area contributed by atoms with Gasteiger partial charge in [-0.3, -0.25) is 0 Å². The summed E-state index contributed by atoms with van der Waals surface area (Å²) in [5, 5.41) is 11.5. The van der Waals surface area contributed by atoms with Crippen LogP contribution in [0.25, 0.3) is 0 Å². The average molecular weight is 236 g/mol. The average Bonchev–Trinajstić information content (AvgIpc) is 2.40. The first-order valence-electron chi connectivity index (χ1n) is 5.62. The third-order valence-electron chi connectivity index (χ3n) is 2.73. The van der Waals surface area contributed by atoms with Crippen LogP contribution in [0.5, 0.6) is 5.75 Å². The number of benzene rings is 1. The zero-order valence-corrected chi connectivity index (χ0v) is 9.50. The first-order valence-corrected chi connectivity index (χ1v) is 5.62. The molecule has 1 heterocycles. The van der Waals surface area contributed by atoms with E-state index < -0.39 is 0 Å². The number of hydrogen-bond acceptors (Lipinski definition) is 4. The Balaban J connectivity index is 1.97. The molecule has 0 radical (unpaired) electrons. The lowest BCUT2D eigenvalue weighted by atomic mass is 10.1. The van der Waals surface area contributed by atoms with E-state index in [0.717, 1.165) is 31.8 Å². The van der Waals surface area contributed by atoms with Gasteiger partial charge >= 0.3 is 0 Å². The number of ether oxygens (including phenoxy) is 2. The van der Waals surface area contributed by atoms with Gasteiger partial charge in [-0.1, -0.05) is 5.16 Å². The summed E-state index contributed by atoms with van der Waals surface area (Å²) in [6.07, 6.45) is 2.06. The van der Waals surface area contributed by atoms with Crippen molar-refractivity contribution < 1.29 is 14.7 Å². The molecule has 0 aromatic heterocycles. The number of rotatable bonds is 3. The zero-order valence-electron chi connectivity index (χ0n) is 9.50. The minimum Gasteiger partial charge on any atom is -0.490 e. The molecular formula is C12H16N2O3. The topological polar surface area (TPSA) is 77.1 Å². The molecular weight excluding hydrogens is 220 g/mol. The van der Waals surface area contributed by atoms with Crippen LogP contribution in [0.4, 0.5) is 0 Å². The molecule has 1 aromatic rings. The van der Waals surface area contributed by atoms with Gasteiger partial charge in [-0.25, -0.2) is 0 Å². The van der Waals surface area contributed by atoms with Gasteiger partial charge in [0.05, 0.1) is 13.2 Å². The molecule has 1 saturated heterocycles. The van der Waals surface area contributed by atoms with Gasteiger partial charge in [0, 0.05) is 18.4 Å². The van der Waals surface area contributed by atoms with Crippen LogP contribution in [-0.4, -0.2) is 30.4 Å². The largest absolute Gasteiger partial charge is 0.490 e. The van der Waals surface area contributed by atoms with Crippen LogP contribution >= 0.6 is 0 Å². The van der Waals surface area contributed by atoms with Crippen molar-refractivity contribution in [3.8, 4) is 5.75 Å². The zero-order chi connectivity index (χ0) is 12.1. The summed E-state index contributed by atoms with van der Waals surface area (Å²) in [5.74, 6) is 0.897. The van der Waals surface area contributed by atoms with Crippen LogP contribution in [0, 0.1) is 0 Å². The Kier molecular flexibility index (Phi) is 3.82. The highest BCUT2D eigenvalue weighted by Gasteiger charge is 2.15. The SMILES string of the molecule is N/C(=N/O)c1ccc(OC2CCOCC2)cc1. The summed E-state index contributed by atoms with van der Waals surface area (Å²) in [6, 6.07) is 7.18. The van der Waals surface area contributed by atoms with Gasteiger partial charge in [0.15, 0.2) is 5.84 Å². The number of amidine groups is 1. The molecule has 2 rings (SSSR count). The van der Waals surface area contributed by atoms with E-state index in [4.69, 9.17) is 20.4 Å². The molecule has 0 saturated carbocycles. The molecule has 0 unspecified atom stereocenters. The predicted molar refractivity (Wildman–Crippen MR) is 63.4 cm³/mol. The van der Waals surface area contributed by atoms with E-state index in [1.165, 1.54) is 0 Å². The van der Waals surface area contributed by atoms with E-state index in [2.05, 4.69) is 5.16 Å². The lowest BCUT2D eigenvalue weighted by Gasteiger charge is -2.23. The Labute approximate surface area is 99.8 Å². The van der Waals surface area contributed by atoms with Gasteiger partial charge in [0.25, 0.3) is 0 Å². The first-order chi connectivity index (χ1) is 8.29. The van der Waals surface area contributed by atoms with Crippen molar-refractivity contribution in [2.45, 2.75) is 18.9 Å². The van der Waals surface area contributed by atoms with Crippen LogP contribution < -0.4 is 10.5 Å². The van der Waals surface area contributed by atoms with Crippen LogP contribution in [0.2, 0.25) is 0 Å². The minimum atomic E-state index is 0.0996. The second-order valence-electron chi connectivity index (χ2n) is 3.94. The van der Waals surface area contributed by atoms with E-state index in [9.17, 15) is 0 Å². The minimum absolute atomic E-state index is 0.0996. The Bertz CT molecular complexity index is 383. The number of nitrogens with zero attached hydrogens (tertiary/aromatic N) is 1. The van der Waals surface area contributed by atoms with Gasteiger partial charge < -0.3 is 20.4 Å². The van der Waals surface area contributed by atoms with E-state index >= 15 is 0 Å². The van der Waals surface area contributed by atoms with Crippen molar-refractivity contribution in [3.63, 3.8) is 0 Å². The summed E-state index contributed by atoms with van der Waals surface area (Å²) in [5.41, 5.74) is 6.14. The third kappa shape index (κ3) is 3.10. The fourth-order valence-electron chi connectivity index (χ4n) is 1.75. The Hall–Kier alpha value is -1.75. The molecule has 0 bridgehead atoms. The standard InChI is InChI=1S/C12H16N2O3/c13-12(14-15)9-1-3-10(4-2-9)17-11-5-7-16-8-6-11/h1-4,11,15H,5-8H2,(H2,13,14). The quantitative estimate of drug-likeness (QED) is 0.359. The van der Waals surface area contributed by atoms with Crippen molar-refractivity contribution in [2.24, 2.45) is 10.9 Å². The molecule has 0 spiro atoms. The molecule has 5 nitrogen and oxygen atoms in total. The summed E-state index contributed by atoms with van der Waals surface area (Å²) in [6.45, 7) is 1.51. The van der Waals surface area contributed by atoms with E-state index in [-0.39, 0.29) is 11.9 Å². The van der Waals surface area contributed by atoms with Crippen molar-refractivity contribution in [3.05, 3.63) is 29.8 Å². The molecule has 1 fully saturated rings. The van der Waals surface area contributed by atoms with Crippen LogP contribution in [0.1, 0.15) is 18.4 Å². The molecule has 3 N–H and O–H groups in total. The second-order valence-corrected chi connectivity index (χ2v) is 3.94. The van der Waals surface area contributed by atoms with Gasteiger partial charge in [0.2, 0.25) is 0 Å². The monoisotopic (exact) mass is 236 g/mol. The van der Waals surface area contributed by atoms with Crippen LogP contribution in [-0.2, 0) is 4.74 Å². The van der Waals surface area contributed by atoms with Gasteiger partial charge in [-0.15, -0.1) is 0 Å². The molecule has 1 aliphatic heterocycles. The Morgan fingerprint density at radius 2 is 1.94 bits per heavy atom. The maximum Gasteiger partial charge on any atom is 0.170 e. The Morgan fingerprint density at radius 1 is 1.29 bits per heavy atom. The fraction of sp³-hybridized carbons (Fsp3) is 0.417. The van der Waals surface area contributed by atoms with E-state index in [1.807, 2.05) is 12.1 Å². The van der Waals surface area contributed by atoms with E-state index in [1.54, 1.807) is 12.1 Å². The maximum absolute atomic E-state index is 8.54.